The molecule has 0 amide bonds. The van der Waals surface area contributed by atoms with E-state index in [0.29, 0.717) is 13.2 Å². The van der Waals surface area contributed by atoms with E-state index in [2.05, 4.69) is 5.32 Å². The highest BCUT2D eigenvalue weighted by Gasteiger charge is 2.00. The third kappa shape index (κ3) is 3.82. The smallest absolute Gasteiger partial charge is 0.141 e. The van der Waals surface area contributed by atoms with Crippen molar-refractivity contribution in [3.63, 3.8) is 0 Å². The lowest BCUT2D eigenvalue weighted by Crippen LogP contribution is -2.12. The number of nitrogens with one attached hydrogen (secondary N) is 1. The molecule has 0 bridgehead atoms. The Hall–Kier alpha value is -2.36. The summed E-state index contributed by atoms with van der Waals surface area (Å²) in [4.78, 5) is 0. The number of methoxy groups -OCH3 is 2. The summed E-state index contributed by atoms with van der Waals surface area (Å²) in [6, 6.07) is 15.3. The Kier molecular flexibility index (Phi) is 5.12. The van der Waals surface area contributed by atoms with Crippen molar-refractivity contribution < 1.29 is 14.2 Å². The second-order valence-corrected chi connectivity index (χ2v) is 4.15. The summed E-state index contributed by atoms with van der Waals surface area (Å²) >= 11 is 0. The van der Waals surface area contributed by atoms with Crippen molar-refractivity contribution in [3.8, 4) is 17.2 Å². The van der Waals surface area contributed by atoms with Gasteiger partial charge < -0.3 is 19.5 Å². The van der Waals surface area contributed by atoms with Crippen LogP contribution < -0.4 is 19.5 Å². The maximum absolute atomic E-state index is 5.64. The molecule has 4 nitrogen and oxygen atoms in total. The van der Waals surface area contributed by atoms with E-state index in [1.807, 2.05) is 48.5 Å². The molecule has 2 aromatic carbocycles. The first-order valence-corrected chi connectivity index (χ1v) is 6.47. The molecular formula is C16H19NO3. The van der Waals surface area contributed by atoms with E-state index in [-0.39, 0.29) is 0 Å². The van der Waals surface area contributed by atoms with Gasteiger partial charge in [0.2, 0.25) is 0 Å². The van der Waals surface area contributed by atoms with Crippen molar-refractivity contribution >= 4 is 5.69 Å². The molecule has 106 valence electrons. The lowest BCUT2D eigenvalue weighted by atomic mass is 10.3. The van der Waals surface area contributed by atoms with E-state index in [0.717, 1.165) is 22.9 Å². The molecule has 0 radical (unpaired) electrons. The Labute approximate surface area is 119 Å². The average Bonchev–Trinajstić information content (AvgIpc) is 2.52. The van der Waals surface area contributed by atoms with Gasteiger partial charge in [0, 0.05) is 6.54 Å². The lowest BCUT2D eigenvalue weighted by Gasteiger charge is -2.11. The van der Waals surface area contributed by atoms with Crippen molar-refractivity contribution in [2.75, 3.05) is 32.7 Å². The third-order valence-corrected chi connectivity index (χ3v) is 2.85. The van der Waals surface area contributed by atoms with Crippen molar-refractivity contribution in [1.29, 1.82) is 0 Å². The van der Waals surface area contributed by atoms with Gasteiger partial charge in [-0.05, 0) is 36.4 Å². The largest absolute Gasteiger partial charge is 0.497 e. The molecule has 0 unspecified atom stereocenters. The number of ether oxygens (including phenoxy) is 3. The van der Waals surface area contributed by atoms with Crippen LogP contribution in [0.1, 0.15) is 0 Å². The summed E-state index contributed by atoms with van der Waals surface area (Å²) < 4.78 is 16.0. The molecule has 0 aliphatic carbocycles. The second kappa shape index (κ2) is 7.28. The van der Waals surface area contributed by atoms with Gasteiger partial charge in [-0.2, -0.15) is 0 Å². The van der Waals surface area contributed by atoms with Crippen LogP contribution in [0, 0.1) is 0 Å². The lowest BCUT2D eigenvalue weighted by molar-refractivity contribution is 0.331. The number of anilines is 1. The van der Waals surface area contributed by atoms with Crippen LogP contribution in [0.15, 0.2) is 48.5 Å². The van der Waals surface area contributed by atoms with Gasteiger partial charge in [0.05, 0.1) is 19.9 Å². The van der Waals surface area contributed by atoms with Gasteiger partial charge >= 0.3 is 0 Å². The van der Waals surface area contributed by atoms with E-state index >= 15 is 0 Å². The number of hydrogen-bond donors (Lipinski definition) is 1. The molecule has 0 atom stereocenters. The minimum Gasteiger partial charge on any atom is -0.497 e. The van der Waals surface area contributed by atoms with E-state index in [1.165, 1.54) is 0 Å². The highest BCUT2D eigenvalue weighted by molar-refractivity contribution is 5.56. The van der Waals surface area contributed by atoms with Crippen LogP contribution in [0.4, 0.5) is 5.69 Å². The Morgan fingerprint density at radius 3 is 2.25 bits per heavy atom. The molecule has 20 heavy (non-hydrogen) atoms. The fraction of sp³-hybridized carbons (Fsp3) is 0.250. The third-order valence-electron chi connectivity index (χ3n) is 2.85. The summed E-state index contributed by atoms with van der Waals surface area (Å²) in [5.74, 6) is 2.48. The normalized spacial score (nSPS) is 9.90. The molecular weight excluding hydrogens is 254 g/mol. The average molecular weight is 273 g/mol. The van der Waals surface area contributed by atoms with Crippen LogP contribution >= 0.6 is 0 Å². The first kappa shape index (κ1) is 14.1. The monoisotopic (exact) mass is 273 g/mol. The number of para-hydroxylation sites is 2. The molecule has 0 aliphatic rings. The molecule has 0 heterocycles. The van der Waals surface area contributed by atoms with E-state index in [9.17, 15) is 0 Å². The van der Waals surface area contributed by atoms with Crippen LogP contribution in [0.2, 0.25) is 0 Å². The van der Waals surface area contributed by atoms with Crippen molar-refractivity contribution in [2.45, 2.75) is 0 Å². The molecule has 0 saturated heterocycles. The maximum Gasteiger partial charge on any atom is 0.141 e. The fourth-order valence-electron chi connectivity index (χ4n) is 1.82. The van der Waals surface area contributed by atoms with Crippen molar-refractivity contribution in [1.82, 2.24) is 0 Å². The van der Waals surface area contributed by atoms with Crippen LogP contribution in [0.5, 0.6) is 17.2 Å². The zero-order valence-corrected chi connectivity index (χ0v) is 11.8. The summed E-state index contributed by atoms with van der Waals surface area (Å²) in [5, 5.41) is 3.28. The number of rotatable bonds is 7. The zero-order valence-electron chi connectivity index (χ0n) is 11.8. The molecule has 0 saturated carbocycles. The number of hydrogen-bond acceptors (Lipinski definition) is 4. The van der Waals surface area contributed by atoms with E-state index < -0.39 is 0 Å². The topological polar surface area (TPSA) is 39.7 Å². The fourth-order valence-corrected chi connectivity index (χ4v) is 1.82. The zero-order chi connectivity index (χ0) is 14.2. The summed E-state index contributed by atoms with van der Waals surface area (Å²) in [5.41, 5.74) is 0.966. The van der Waals surface area contributed by atoms with E-state index in [1.54, 1.807) is 14.2 Å². The van der Waals surface area contributed by atoms with Gasteiger partial charge in [-0.1, -0.05) is 12.1 Å². The van der Waals surface area contributed by atoms with Crippen LogP contribution in [0.3, 0.4) is 0 Å². The van der Waals surface area contributed by atoms with E-state index in [4.69, 9.17) is 14.2 Å². The van der Waals surface area contributed by atoms with Crippen LogP contribution in [0.25, 0.3) is 0 Å². The Balaban J connectivity index is 1.78. The van der Waals surface area contributed by atoms with Gasteiger partial charge in [-0.3, -0.25) is 0 Å². The molecule has 0 fully saturated rings. The summed E-state index contributed by atoms with van der Waals surface area (Å²) in [7, 11) is 3.31. The molecule has 0 aliphatic heterocycles. The summed E-state index contributed by atoms with van der Waals surface area (Å²) in [6.07, 6.45) is 0. The quantitative estimate of drug-likeness (QED) is 0.786. The minimum absolute atomic E-state index is 0.574. The SMILES string of the molecule is COc1ccc(OCCNc2ccccc2OC)cc1. The molecule has 4 heteroatoms. The Morgan fingerprint density at radius 2 is 1.55 bits per heavy atom. The molecule has 0 aromatic heterocycles. The van der Waals surface area contributed by atoms with Gasteiger partial charge in [0.1, 0.15) is 23.9 Å². The van der Waals surface area contributed by atoms with Gasteiger partial charge in [-0.15, -0.1) is 0 Å². The standard InChI is InChI=1S/C16H19NO3/c1-18-13-7-9-14(10-8-13)20-12-11-17-15-5-3-4-6-16(15)19-2/h3-10,17H,11-12H2,1-2H3. The van der Waals surface area contributed by atoms with Crippen molar-refractivity contribution in [2.24, 2.45) is 0 Å². The van der Waals surface area contributed by atoms with Gasteiger partial charge in [0.25, 0.3) is 0 Å². The van der Waals surface area contributed by atoms with Crippen molar-refractivity contribution in [3.05, 3.63) is 48.5 Å². The molecule has 1 N–H and O–H groups in total. The van der Waals surface area contributed by atoms with Crippen LogP contribution in [-0.2, 0) is 0 Å². The molecule has 2 aromatic rings. The highest BCUT2D eigenvalue weighted by Crippen LogP contribution is 2.22. The maximum atomic E-state index is 5.64. The van der Waals surface area contributed by atoms with Crippen LogP contribution in [-0.4, -0.2) is 27.4 Å². The predicted molar refractivity (Wildman–Crippen MR) is 80.0 cm³/mol. The first-order valence-electron chi connectivity index (χ1n) is 6.47. The predicted octanol–water partition coefficient (Wildman–Crippen LogP) is 3.19. The Morgan fingerprint density at radius 1 is 0.850 bits per heavy atom. The van der Waals surface area contributed by atoms with Gasteiger partial charge in [0.15, 0.2) is 0 Å². The Bertz CT molecular complexity index is 526. The second-order valence-electron chi connectivity index (χ2n) is 4.15. The first-order chi connectivity index (χ1) is 9.83. The molecule has 2 rings (SSSR count). The molecule has 0 spiro atoms. The number of benzene rings is 2. The minimum atomic E-state index is 0.574. The summed E-state index contributed by atoms with van der Waals surface area (Å²) in [6.45, 7) is 1.27. The van der Waals surface area contributed by atoms with Gasteiger partial charge in [-0.25, -0.2) is 0 Å². The highest BCUT2D eigenvalue weighted by atomic mass is 16.5.